The predicted octanol–water partition coefficient (Wildman–Crippen LogP) is 4.20. The smallest absolute Gasteiger partial charge is 0.234 e. The maximum absolute atomic E-state index is 12.1. The molecule has 0 aliphatic heterocycles. The van der Waals surface area contributed by atoms with Gasteiger partial charge >= 0.3 is 0 Å². The molecule has 0 spiro atoms. The largest absolute Gasteiger partial charge is 0.325 e. The molecule has 0 aliphatic carbocycles. The highest BCUT2D eigenvalue weighted by molar-refractivity contribution is 7.99. The van der Waals surface area contributed by atoms with Gasteiger partial charge in [0.05, 0.1) is 5.75 Å². The Hall–Kier alpha value is -1.53. The Kier molecular flexibility index (Phi) is 6.47. The van der Waals surface area contributed by atoms with E-state index in [1.807, 2.05) is 0 Å². The normalized spacial score (nSPS) is 11.0. The van der Waals surface area contributed by atoms with E-state index in [4.69, 9.17) is 11.6 Å². The van der Waals surface area contributed by atoms with Gasteiger partial charge in [0.15, 0.2) is 5.16 Å². The van der Waals surface area contributed by atoms with Crippen molar-refractivity contribution in [2.24, 2.45) is 0 Å². The number of anilines is 1. The third-order valence-electron chi connectivity index (χ3n) is 3.17. The number of carbonyl (C=O) groups is 1. The lowest BCUT2D eigenvalue weighted by atomic mass is 10.2. The molecule has 0 saturated heterocycles. The minimum absolute atomic E-state index is 0.0746. The summed E-state index contributed by atoms with van der Waals surface area (Å²) in [7, 11) is 0. The van der Waals surface area contributed by atoms with E-state index >= 15 is 0 Å². The second kappa shape index (κ2) is 8.36. The number of nitrogens with zero attached hydrogens (tertiary/aromatic N) is 3. The van der Waals surface area contributed by atoms with Crippen LogP contribution in [0.1, 0.15) is 38.9 Å². The van der Waals surface area contributed by atoms with E-state index in [1.54, 1.807) is 24.3 Å². The van der Waals surface area contributed by atoms with Gasteiger partial charge in [-0.05, 0) is 30.7 Å². The Balaban J connectivity index is 1.97. The number of aromatic nitrogens is 3. The molecule has 0 atom stereocenters. The monoisotopic (exact) mass is 352 g/mol. The molecule has 23 heavy (non-hydrogen) atoms. The molecule has 0 saturated carbocycles. The predicted molar refractivity (Wildman–Crippen MR) is 95.2 cm³/mol. The molecule has 1 aromatic carbocycles. The SMILES string of the molecule is CCCn1c(SCC(=O)Nc2ccc(Cl)cc2)nnc1C(C)C. The van der Waals surface area contributed by atoms with Crippen molar-refractivity contribution in [1.82, 2.24) is 14.8 Å². The Labute approximate surface area is 145 Å². The molecule has 1 amide bonds. The van der Waals surface area contributed by atoms with Crippen molar-refractivity contribution in [3.63, 3.8) is 0 Å². The van der Waals surface area contributed by atoms with E-state index in [-0.39, 0.29) is 5.91 Å². The first kappa shape index (κ1) is 17.8. The highest BCUT2D eigenvalue weighted by atomic mass is 35.5. The van der Waals surface area contributed by atoms with E-state index in [2.05, 4.69) is 40.9 Å². The lowest BCUT2D eigenvalue weighted by molar-refractivity contribution is -0.113. The molecule has 0 fully saturated rings. The molecule has 124 valence electrons. The van der Waals surface area contributed by atoms with Crippen LogP contribution in [0.4, 0.5) is 5.69 Å². The van der Waals surface area contributed by atoms with E-state index in [1.165, 1.54) is 11.8 Å². The maximum Gasteiger partial charge on any atom is 0.234 e. The van der Waals surface area contributed by atoms with E-state index in [9.17, 15) is 4.79 Å². The summed E-state index contributed by atoms with van der Waals surface area (Å²) in [4.78, 5) is 12.1. The van der Waals surface area contributed by atoms with Crippen molar-refractivity contribution in [2.45, 2.75) is 44.8 Å². The van der Waals surface area contributed by atoms with Crippen LogP contribution in [-0.2, 0) is 11.3 Å². The topological polar surface area (TPSA) is 59.8 Å². The third kappa shape index (κ3) is 4.97. The molecule has 7 heteroatoms. The number of amides is 1. The zero-order chi connectivity index (χ0) is 16.8. The van der Waals surface area contributed by atoms with Crippen molar-refractivity contribution in [1.29, 1.82) is 0 Å². The Morgan fingerprint density at radius 3 is 2.61 bits per heavy atom. The number of nitrogens with one attached hydrogen (secondary N) is 1. The van der Waals surface area contributed by atoms with Crippen LogP contribution < -0.4 is 5.32 Å². The fourth-order valence-corrected chi connectivity index (χ4v) is 3.03. The Bertz CT molecular complexity index is 655. The molecular formula is C16H21ClN4OS. The third-order valence-corrected chi connectivity index (χ3v) is 4.39. The van der Waals surface area contributed by atoms with Gasteiger partial charge in [-0.25, -0.2) is 0 Å². The number of halogens is 1. The molecule has 0 aliphatic rings. The second-order valence-corrected chi connectivity index (χ2v) is 6.87. The summed E-state index contributed by atoms with van der Waals surface area (Å²) in [5.74, 6) is 1.50. The average Bonchev–Trinajstić information content (AvgIpc) is 2.91. The highest BCUT2D eigenvalue weighted by Crippen LogP contribution is 2.22. The molecular weight excluding hydrogens is 332 g/mol. The zero-order valence-electron chi connectivity index (χ0n) is 13.5. The van der Waals surface area contributed by atoms with Crippen molar-refractivity contribution in [2.75, 3.05) is 11.1 Å². The molecule has 1 heterocycles. The molecule has 1 aromatic heterocycles. The summed E-state index contributed by atoms with van der Waals surface area (Å²) in [6.45, 7) is 7.17. The summed E-state index contributed by atoms with van der Waals surface area (Å²) in [5.41, 5.74) is 0.734. The first-order chi connectivity index (χ1) is 11.0. The first-order valence-corrected chi connectivity index (χ1v) is 8.99. The number of rotatable bonds is 7. The van der Waals surface area contributed by atoms with Crippen LogP contribution in [0.25, 0.3) is 0 Å². The summed E-state index contributed by atoms with van der Waals surface area (Å²) in [6, 6.07) is 7.05. The van der Waals surface area contributed by atoms with Gasteiger partial charge < -0.3 is 9.88 Å². The Morgan fingerprint density at radius 1 is 1.30 bits per heavy atom. The summed E-state index contributed by atoms with van der Waals surface area (Å²) in [6.07, 6.45) is 1.00. The number of benzene rings is 1. The number of hydrogen-bond donors (Lipinski definition) is 1. The van der Waals surface area contributed by atoms with Gasteiger partial charge in [0.1, 0.15) is 5.82 Å². The minimum atomic E-state index is -0.0746. The first-order valence-electron chi connectivity index (χ1n) is 7.62. The summed E-state index contributed by atoms with van der Waals surface area (Å²) >= 11 is 7.24. The van der Waals surface area contributed by atoms with Crippen molar-refractivity contribution in [3.8, 4) is 0 Å². The van der Waals surface area contributed by atoms with Crippen LogP contribution in [0.15, 0.2) is 29.4 Å². The number of hydrogen-bond acceptors (Lipinski definition) is 4. The fraction of sp³-hybridized carbons (Fsp3) is 0.438. The Morgan fingerprint density at radius 2 is 2.00 bits per heavy atom. The van der Waals surface area contributed by atoms with Crippen LogP contribution in [0.5, 0.6) is 0 Å². The molecule has 0 bridgehead atoms. The summed E-state index contributed by atoms with van der Waals surface area (Å²) < 4.78 is 2.10. The van der Waals surface area contributed by atoms with Crippen LogP contribution in [0.3, 0.4) is 0 Å². The van der Waals surface area contributed by atoms with Gasteiger partial charge in [0, 0.05) is 23.2 Å². The summed E-state index contributed by atoms with van der Waals surface area (Å²) in [5, 5.41) is 12.8. The van der Waals surface area contributed by atoms with Crippen LogP contribution in [0.2, 0.25) is 5.02 Å². The van der Waals surface area contributed by atoms with Crippen molar-refractivity contribution >= 4 is 35.0 Å². The van der Waals surface area contributed by atoms with Crippen molar-refractivity contribution < 1.29 is 4.79 Å². The van der Waals surface area contributed by atoms with Gasteiger partial charge in [-0.1, -0.05) is 44.1 Å². The van der Waals surface area contributed by atoms with E-state index in [0.717, 1.165) is 29.6 Å². The molecule has 2 aromatic rings. The quantitative estimate of drug-likeness (QED) is 0.759. The molecule has 0 radical (unpaired) electrons. The molecule has 1 N–H and O–H groups in total. The fourth-order valence-electron chi connectivity index (χ4n) is 2.13. The standard InChI is InChI=1S/C16H21ClN4OS/c1-4-9-21-15(11(2)3)19-20-16(21)23-10-14(22)18-13-7-5-12(17)6-8-13/h5-8,11H,4,9-10H2,1-3H3,(H,18,22). The van der Waals surface area contributed by atoms with Crippen LogP contribution in [-0.4, -0.2) is 26.4 Å². The van der Waals surface area contributed by atoms with Gasteiger partial charge in [0.25, 0.3) is 0 Å². The molecule has 2 rings (SSSR count). The number of thioether (sulfide) groups is 1. The number of carbonyl (C=O) groups excluding carboxylic acids is 1. The van der Waals surface area contributed by atoms with E-state index < -0.39 is 0 Å². The molecule has 5 nitrogen and oxygen atoms in total. The average molecular weight is 353 g/mol. The van der Waals surface area contributed by atoms with Crippen LogP contribution >= 0.6 is 23.4 Å². The van der Waals surface area contributed by atoms with Gasteiger partial charge in [-0.2, -0.15) is 0 Å². The van der Waals surface area contributed by atoms with Gasteiger partial charge in [-0.3, -0.25) is 4.79 Å². The minimum Gasteiger partial charge on any atom is -0.325 e. The zero-order valence-corrected chi connectivity index (χ0v) is 15.1. The lowest BCUT2D eigenvalue weighted by Gasteiger charge is -2.10. The van der Waals surface area contributed by atoms with Gasteiger partial charge in [0.2, 0.25) is 5.91 Å². The lowest BCUT2D eigenvalue weighted by Crippen LogP contribution is -2.15. The van der Waals surface area contributed by atoms with Crippen LogP contribution in [0, 0.1) is 0 Å². The highest BCUT2D eigenvalue weighted by Gasteiger charge is 2.15. The van der Waals surface area contributed by atoms with E-state index in [0.29, 0.717) is 16.7 Å². The van der Waals surface area contributed by atoms with Gasteiger partial charge in [-0.15, -0.1) is 10.2 Å². The maximum atomic E-state index is 12.1. The molecule has 0 unspecified atom stereocenters. The van der Waals surface area contributed by atoms with Crippen molar-refractivity contribution in [3.05, 3.63) is 35.1 Å². The second-order valence-electron chi connectivity index (χ2n) is 5.49.